The number of carbonyl (C=O) groups is 4. The number of imide groups is 2. The Hall–Kier alpha value is -3.56. The monoisotopic (exact) mass is 449 g/mol. The number of amides is 5. The number of carbonyl (C=O) groups excluding carboxylic acids is 4. The van der Waals surface area contributed by atoms with Crippen LogP contribution in [0.25, 0.3) is 6.08 Å². The van der Waals surface area contributed by atoms with Gasteiger partial charge in [0.25, 0.3) is 17.7 Å². The first-order chi connectivity index (χ1) is 14.2. The minimum atomic E-state index is -0.931. The molecule has 0 atom stereocenters. The van der Waals surface area contributed by atoms with Crippen molar-refractivity contribution >= 4 is 58.7 Å². The number of primary amides is 1. The second kappa shape index (κ2) is 8.44. The highest BCUT2D eigenvalue weighted by atomic mass is 35.5. The molecule has 2 aromatic carbocycles. The highest BCUT2D eigenvalue weighted by molar-refractivity contribution is 6.40. The van der Waals surface area contributed by atoms with Gasteiger partial charge < -0.3 is 15.6 Å². The quantitative estimate of drug-likeness (QED) is 0.472. The number of ether oxygens (including phenoxy) is 1. The van der Waals surface area contributed by atoms with Crippen molar-refractivity contribution in [2.24, 2.45) is 5.73 Å². The van der Waals surface area contributed by atoms with Crippen LogP contribution in [0.2, 0.25) is 10.0 Å². The van der Waals surface area contributed by atoms with E-state index < -0.39 is 30.4 Å². The number of anilines is 1. The van der Waals surface area contributed by atoms with Crippen molar-refractivity contribution in [1.82, 2.24) is 5.32 Å². The summed E-state index contributed by atoms with van der Waals surface area (Å²) in [5, 5.41) is 11.5. The van der Waals surface area contributed by atoms with E-state index in [1.54, 1.807) is 0 Å². The first-order valence-corrected chi connectivity index (χ1v) is 9.03. The Morgan fingerprint density at radius 3 is 2.30 bits per heavy atom. The number of halogens is 2. The zero-order valence-electron chi connectivity index (χ0n) is 15.0. The number of nitrogens with one attached hydrogen (secondary N) is 1. The van der Waals surface area contributed by atoms with Crippen molar-refractivity contribution < 1.29 is 29.0 Å². The van der Waals surface area contributed by atoms with Crippen LogP contribution in [-0.2, 0) is 14.4 Å². The van der Waals surface area contributed by atoms with E-state index in [4.69, 9.17) is 33.7 Å². The molecule has 0 radical (unpaired) electrons. The van der Waals surface area contributed by atoms with Gasteiger partial charge in [0.05, 0.1) is 15.7 Å². The van der Waals surface area contributed by atoms with Gasteiger partial charge in [-0.2, -0.15) is 0 Å². The summed E-state index contributed by atoms with van der Waals surface area (Å²) in [5.41, 5.74) is 5.10. The van der Waals surface area contributed by atoms with Crippen LogP contribution in [0.15, 0.2) is 42.0 Å². The number of benzene rings is 2. The average molecular weight is 450 g/mol. The predicted octanol–water partition coefficient (Wildman–Crippen LogP) is 2.23. The third-order valence-corrected chi connectivity index (χ3v) is 4.46. The molecular weight excluding hydrogens is 437 g/mol. The van der Waals surface area contributed by atoms with Crippen molar-refractivity contribution in [2.75, 3.05) is 11.5 Å². The molecule has 1 saturated heterocycles. The minimum Gasteiger partial charge on any atom is -0.508 e. The SMILES string of the molecule is NC(=O)COc1c(Cl)cc(/C=C2\C(=O)NC(=O)N(c3ccc(O)cc3)C2=O)cc1Cl. The molecule has 11 heteroatoms. The smallest absolute Gasteiger partial charge is 0.335 e. The molecule has 0 bridgehead atoms. The van der Waals surface area contributed by atoms with Crippen LogP contribution < -0.4 is 20.7 Å². The maximum absolute atomic E-state index is 12.8. The molecule has 3 rings (SSSR count). The van der Waals surface area contributed by atoms with E-state index >= 15 is 0 Å². The van der Waals surface area contributed by atoms with Gasteiger partial charge in [0, 0.05) is 0 Å². The molecule has 154 valence electrons. The van der Waals surface area contributed by atoms with Gasteiger partial charge >= 0.3 is 6.03 Å². The molecule has 30 heavy (non-hydrogen) atoms. The fraction of sp³-hybridized carbons (Fsp3) is 0.0526. The van der Waals surface area contributed by atoms with Crippen LogP contribution in [0.1, 0.15) is 5.56 Å². The summed E-state index contributed by atoms with van der Waals surface area (Å²) in [6.45, 7) is -0.440. The van der Waals surface area contributed by atoms with E-state index in [-0.39, 0.29) is 38.4 Å². The van der Waals surface area contributed by atoms with Crippen LogP contribution in [0.4, 0.5) is 10.5 Å². The topological polar surface area (TPSA) is 139 Å². The number of barbiturate groups is 1. The third-order valence-electron chi connectivity index (χ3n) is 3.90. The van der Waals surface area contributed by atoms with Gasteiger partial charge in [0.2, 0.25) is 0 Å². The van der Waals surface area contributed by atoms with Gasteiger partial charge in [0.1, 0.15) is 11.3 Å². The molecule has 2 aromatic rings. The molecular formula is C19H13Cl2N3O6. The summed E-state index contributed by atoms with van der Waals surface area (Å²) in [6.07, 6.45) is 1.20. The van der Waals surface area contributed by atoms with Crippen LogP contribution >= 0.6 is 23.2 Å². The summed E-state index contributed by atoms with van der Waals surface area (Å²) < 4.78 is 5.14. The molecule has 0 aliphatic carbocycles. The summed E-state index contributed by atoms with van der Waals surface area (Å²) in [7, 11) is 0. The van der Waals surface area contributed by atoms with E-state index in [9.17, 15) is 24.3 Å². The second-order valence-electron chi connectivity index (χ2n) is 6.04. The summed E-state index contributed by atoms with van der Waals surface area (Å²) in [4.78, 5) is 48.8. The lowest BCUT2D eigenvalue weighted by Gasteiger charge is -2.26. The van der Waals surface area contributed by atoms with Crippen LogP contribution in [0, 0.1) is 0 Å². The van der Waals surface area contributed by atoms with E-state index in [1.165, 1.54) is 42.5 Å². The average Bonchev–Trinajstić information content (AvgIpc) is 2.65. The molecule has 5 amide bonds. The number of urea groups is 1. The van der Waals surface area contributed by atoms with Gasteiger partial charge in [0.15, 0.2) is 12.4 Å². The van der Waals surface area contributed by atoms with Crippen molar-refractivity contribution in [2.45, 2.75) is 0 Å². The minimum absolute atomic E-state index is 0.0135. The number of nitrogens with zero attached hydrogens (tertiary/aromatic N) is 1. The number of hydrogen-bond donors (Lipinski definition) is 3. The normalized spacial score (nSPS) is 15.3. The Bertz CT molecular complexity index is 1070. The number of phenolic OH excluding ortho intramolecular Hbond substituents is 1. The first-order valence-electron chi connectivity index (χ1n) is 8.28. The molecule has 0 unspecified atom stereocenters. The number of nitrogens with two attached hydrogens (primary N) is 1. The highest BCUT2D eigenvalue weighted by Crippen LogP contribution is 2.35. The van der Waals surface area contributed by atoms with E-state index in [1.807, 2.05) is 0 Å². The standard InChI is InChI=1S/C19H13Cl2N3O6/c20-13-6-9(7-14(21)16(13)30-8-15(22)26)5-12-17(27)23-19(29)24(18(12)28)10-1-3-11(25)4-2-10/h1-7,25H,8H2,(H2,22,26)(H,23,27,29)/b12-5+. The maximum Gasteiger partial charge on any atom is 0.335 e. The van der Waals surface area contributed by atoms with Gasteiger partial charge in [-0.1, -0.05) is 23.2 Å². The van der Waals surface area contributed by atoms with Gasteiger partial charge in [-0.15, -0.1) is 0 Å². The Kier molecular flexibility index (Phi) is 5.95. The first kappa shape index (κ1) is 21.2. The lowest BCUT2D eigenvalue weighted by atomic mass is 10.1. The molecule has 4 N–H and O–H groups in total. The van der Waals surface area contributed by atoms with Crippen molar-refractivity contribution in [3.8, 4) is 11.5 Å². The van der Waals surface area contributed by atoms with Crippen molar-refractivity contribution in [3.05, 3.63) is 57.6 Å². The van der Waals surface area contributed by atoms with E-state index in [0.717, 1.165) is 4.90 Å². The number of hydrogen-bond acceptors (Lipinski definition) is 6. The fourth-order valence-electron chi connectivity index (χ4n) is 2.60. The van der Waals surface area contributed by atoms with Gasteiger partial charge in [-0.3, -0.25) is 19.7 Å². The molecule has 1 fully saturated rings. The zero-order valence-corrected chi connectivity index (χ0v) is 16.5. The Morgan fingerprint density at radius 1 is 1.13 bits per heavy atom. The van der Waals surface area contributed by atoms with Crippen LogP contribution in [-0.4, -0.2) is 35.5 Å². The van der Waals surface area contributed by atoms with Gasteiger partial charge in [-0.25, -0.2) is 9.69 Å². The Labute approximate surface area is 179 Å². The fourth-order valence-corrected chi connectivity index (χ4v) is 3.22. The second-order valence-corrected chi connectivity index (χ2v) is 6.86. The third kappa shape index (κ3) is 4.37. The maximum atomic E-state index is 12.8. The van der Waals surface area contributed by atoms with Crippen molar-refractivity contribution in [3.63, 3.8) is 0 Å². The Balaban J connectivity index is 1.96. The molecule has 0 saturated carbocycles. The molecule has 1 heterocycles. The number of rotatable bonds is 5. The zero-order chi connectivity index (χ0) is 22.0. The Morgan fingerprint density at radius 2 is 1.73 bits per heavy atom. The predicted molar refractivity (Wildman–Crippen MR) is 108 cm³/mol. The number of phenols is 1. The molecule has 1 aliphatic rings. The van der Waals surface area contributed by atoms with Crippen molar-refractivity contribution in [1.29, 1.82) is 0 Å². The number of aromatic hydroxyl groups is 1. The molecule has 0 spiro atoms. The van der Waals surface area contributed by atoms with Gasteiger partial charge in [-0.05, 0) is 48.0 Å². The van der Waals surface area contributed by atoms with E-state index in [0.29, 0.717) is 0 Å². The molecule has 0 aromatic heterocycles. The summed E-state index contributed by atoms with van der Waals surface area (Å²) >= 11 is 12.2. The molecule has 9 nitrogen and oxygen atoms in total. The highest BCUT2D eigenvalue weighted by Gasteiger charge is 2.36. The summed E-state index contributed by atoms with van der Waals surface area (Å²) in [6, 6.07) is 7.06. The molecule has 1 aliphatic heterocycles. The largest absolute Gasteiger partial charge is 0.508 e. The lowest BCUT2D eigenvalue weighted by Crippen LogP contribution is -2.54. The van der Waals surface area contributed by atoms with Crippen LogP contribution in [0.5, 0.6) is 11.5 Å². The summed E-state index contributed by atoms with van der Waals surface area (Å²) in [5.74, 6) is -2.55. The van der Waals surface area contributed by atoms with E-state index in [2.05, 4.69) is 5.32 Å². The van der Waals surface area contributed by atoms with Crippen LogP contribution in [0.3, 0.4) is 0 Å². The lowest BCUT2D eigenvalue weighted by molar-refractivity contribution is -0.123.